The summed E-state index contributed by atoms with van der Waals surface area (Å²) in [7, 11) is 0. The van der Waals surface area contributed by atoms with Gasteiger partial charge in [-0.05, 0) is 43.1 Å². The van der Waals surface area contributed by atoms with E-state index in [4.69, 9.17) is 4.74 Å². The zero-order chi connectivity index (χ0) is 15.6. The van der Waals surface area contributed by atoms with E-state index in [2.05, 4.69) is 67.7 Å². The predicted octanol–water partition coefficient (Wildman–Crippen LogP) is 4.85. The highest BCUT2D eigenvalue weighted by molar-refractivity contribution is 5.28. The van der Waals surface area contributed by atoms with Gasteiger partial charge in [0.15, 0.2) is 0 Å². The van der Waals surface area contributed by atoms with E-state index in [-0.39, 0.29) is 0 Å². The quantitative estimate of drug-likeness (QED) is 0.668. The van der Waals surface area contributed by atoms with Gasteiger partial charge in [-0.1, -0.05) is 61.7 Å². The number of nitrogens with one attached hydrogen (secondary N) is 1. The zero-order valence-corrected chi connectivity index (χ0v) is 13.8. The van der Waals surface area contributed by atoms with Gasteiger partial charge < -0.3 is 10.1 Å². The third kappa shape index (κ3) is 5.90. The van der Waals surface area contributed by atoms with Crippen LogP contribution in [0.3, 0.4) is 0 Å². The molecule has 1 N–H and O–H groups in total. The average molecular weight is 297 g/mol. The molecule has 0 atom stereocenters. The molecule has 0 saturated carbocycles. The molecule has 0 saturated heterocycles. The molecule has 2 rings (SSSR count). The van der Waals surface area contributed by atoms with E-state index in [0.717, 1.165) is 18.8 Å². The normalized spacial score (nSPS) is 10.6. The molecule has 0 amide bonds. The van der Waals surface area contributed by atoms with Crippen LogP contribution in [-0.4, -0.2) is 6.54 Å². The minimum Gasteiger partial charge on any atom is -0.489 e. The highest BCUT2D eigenvalue weighted by Gasteiger charge is 1.98. The Morgan fingerprint density at radius 2 is 1.77 bits per heavy atom. The Labute approximate surface area is 134 Å². The standard InChI is InChI=1S/C20H27NO/c1-3-4-5-13-21-15-18-9-11-20(12-10-18)22-16-19-8-6-7-17(2)14-19/h6-12,14,21H,3-5,13,15-16H2,1-2H3. The predicted molar refractivity (Wildman–Crippen MR) is 93.2 cm³/mol. The molecule has 0 unspecified atom stereocenters. The number of unbranched alkanes of at least 4 members (excludes halogenated alkanes) is 2. The third-order valence-corrected chi connectivity index (χ3v) is 3.70. The van der Waals surface area contributed by atoms with Gasteiger partial charge in [0.1, 0.15) is 12.4 Å². The van der Waals surface area contributed by atoms with Crippen molar-refractivity contribution in [1.82, 2.24) is 5.32 Å². The van der Waals surface area contributed by atoms with Crippen molar-refractivity contribution in [2.75, 3.05) is 6.54 Å². The van der Waals surface area contributed by atoms with Gasteiger partial charge in [-0.25, -0.2) is 0 Å². The molecule has 2 nitrogen and oxygen atoms in total. The van der Waals surface area contributed by atoms with Crippen molar-refractivity contribution in [3.8, 4) is 5.75 Å². The van der Waals surface area contributed by atoms with Crippen LogP contribution < -0.4 is 10.1 Å². The van der Waals surface area contributed by atoms with E-state index < -0.39 is 0 Å². The monoisotopic (exact) mass is 297 g/mol. The van der Waals surface area contributed by atoms with Crippen molar-refractivity contribution < 1.29 is 4.74 Å². The first-order chi connectivity index (χ1) is 10.8. The molecule has 2 aromatic rings. The number of aryl methyl sites for hydroxylation is 1. The molecule has 0 aliphatic heterocycles. The second-order valence-electron chi connectivity index (χ2n) is 5.81. The Kier molecular flexibility index (Phi) is 6.98. The van der Waals surface area contributed by atoms with Crippen LogP contribution in [0.1, 0.15) is 42.9 Å². The van der Waals surface area contributed by atoms with Crippen LogP contribution in [0.4, 0.5) is 0 Å². The molecule has 0 radical (unpaired) electrons. The molecule has 118 valence electrons. The lowest BCUT2D eigenvalue weighted by atomic mass is 10.1. The van der Waals surface area contributed by atoms with Crippen molar-refractivity contribution in [1.29, 1.82) is 0 Å². The first kappa shape index (κ1) is 16.6. The summed E-state index contributed by atoms with van der Waals surface area (Å²) in [5.41, 5.74) is 3.78. The third-order valence-electron chi connectivity index (χ3n) is 3.70. The Morgan fingerprint density at radius 1 is 0.955 bits per heavy atom. The summed E-state index contributed by atoms with van der Waals surface area (Å²) in [6.07, 6.45) is 3.83. The molecule has 2 aromatic carbocycles. The van der Waals surface area contributed by atoms with Crippen molar-refractivity contribution in [2.45, 2.75) is 46.3 Å². The maximum atomic E-state index is 5.84. The average Bonchev–Trinajstić information content (AvgIpc) is 2.54. The summed E-state index contributed by atoms with van der Waals surface area (Å²) in [5, 5.41) is 3.48. The van der Waals surface area contributed by atoms with E-state index in [1.807, 2.05) is 0 Å². The summed E-state index contributed by atoms with van der Waals surface area (Å²) < 4.78 is 5.84. The highest BCUT2D eigenvalue weighted by Crippen LogP contribution is 2.14. The van der Waals surface area contributed by atoms with Crippen molar-refractivity contribution in [3.05, 3.63) is 65.2 Å². The summed E-state index contributed by atoms with van der Waals surface area (Å²) >= 11 is 0. The minimum absolute atomic E-state index is 0.621. The number of ether oxygens (including phenoxy) is 1. The Morgan fingerprint density at radius 3 is 2.50 bits per heavy atom. The van der Waals surface area contributed by atoms with Crippen LogP contribution in [-0.2, 0) is 13.2 Å². The summed E-state index contributed by atoms with van der Waals surface area (Å²) in [5.74, 6) is 0.927. The fourth-order valence-corrected chi connectivity index (χ4v) is 2.40. The van der Waals surface area contributed by atoms with Gasteiger partial charge >= 0.3 is 0 Å². The number of hydrogen-bond acceptors (Lipinski definition) is 2. The molecule has 0 aliphatic rings. The molecule has 0 aliphatic carbocycles. The molecule has 0 spiro atoms. The number of hydrogen-bond donors (Lipinski definition) is 1. The molecule has 0 fully saturated rings. The second kappa shape index (κ2) is 9.26. The van der Waals surface area contributed by atoms with Crippen molar-refractivity contribution >= 4 is 0 Å². The fraction of sp³-hybridized carbons (Fsp3) is 0.400. The zero-order valence-electron chi connectivity index (χ0n) is 13.8. The van der Waals surface area contributed by atoms with E-state index in [0.29, 0.717) is 6.61 Å². The molecule has 0 aromatic heterocycles. The van der Waals surface area contributed by atoms with Gasteiger partial charge in [-0.2, -0.15) is 0 Å². The van der Waals surface area contributed by atoms with Gasteiger partial charge in [0.2, 0.25) is 0 Å². The maximum absolute atomic E-state index is 5.84. The van der Waals surface area contributed by atoms with Gasteiger partial charge in [-0.3, -0.25) is 0 Å². The van der Waals surface area contributed by atoms with E-state index >= 15 is 0 Å². The summed E-state index contributed by atoms with van der Waals surface area (Å²) in [4.78, 5) is 0. The van der Waals surface area contributed by atoms with Crippen LogP contribution in [0.25, 0.3) is 0 Å². The van der Waals surface area contributed by atoms with Crippen LogP contribution in [0.2, 0.25) is 0 Å². The van der Waals surface area contributed by atoms with Gasteiger partial charge in [-0.15, -0.1) is 0 Å². The van der Waals surface area contributed by atoms with Gasteiger partial charge in [0.25, 0.3) is 0 Å². The summed E-state index contributed by atoms with van der Waals surface area (Å²) in [6.45, 7) is 6.99. The molecular formula is C20H27NO. The Bertz CT molecular complexity index is 548. The smallest absolute Gasteiger partial charge is 0.119 e. The van der Waals surface area contributed by atoms with Crippen molar-refractivity contribution in [2.24, 2.45) is 0 Å². The van der Waals surface area contributed by atoms with Crippen molar-refractivity contribution in [3.63, 3.8) is 0 Å². The first-order valence-electron chi connectivity index (χ1n) is 8.26. The topological polar surface area (TPSA) is 21.3 Å². The van der Waals surface area contributed by atoms with Gasteiger partial charge in [0, 0.05) is 6.54 Å². The Hall–Kier alpha value is -1.80. The molecule has 2 heteroatoms. The molecular weight excluding hydrogens is 270 g/mol. The number of rotatable bonds is 9. The molecule has 22 heavy (non-hydrogen) atoms. The van der Waals surface area contributed by atoms with E-state index in [1.165, 1.54) is 36.0 Å². The first-order valence-corrected chi connectivity index (χ1v) is 8.26. The van der Waals surface area contributed by atoms with Crippen LogP contribution in [0.15, 0.2) is 48.5 Å². The minimum atomic E-state index is 0.621. The van der Waals surface area contributed by atoms with Crippen LogP contribution in [0, 0.1) is 6.92 Å². The highest BCUT2D eigenvalue weighted by atomic mass is 16.5. The maximum Gasteiger partial charge on any atom is 0.119 e. The fourth-order valence-electron chi connectivity index (χ4n) is 2.40. The molecule has 0 heterocycles. The Balaban J connectivity index is 1.74. The van der Waals surface area contributed by atoms with E-state index in [9.17, 15) is 0 Å². The lowest BCUT2D eigenvalue weighted by molar-refractivity contribution is 0.306. The van der Waals surface area contributed by atoms with Crippen LogP contribution >= 0.6 is 0 Å². The summed E-state index contributed by atoms with van der Waals surface area (Å²) in [6, 6.07) is 16.8. The largest absolute Gasteiger partial charge is 0.489 e. The molecule has 0 bridgehead atoms. The second-order valence-corrected chi connectivity index (χ2v) is 5.81. The lowest BCUT2D eigenvalue weighted by Gasteiger charge is -2.09. The van der Waals surface area contributed by atoms with Gasteiger partial charge in [0.05, 0.1) is 0 Å². The van der Waals surface area contributed by atoms with Crippen LogP contribution in [0.5, 0.6) is 5.75 Å². The number of benzene rings is 2. The lowest BCUT2D eigenvalue weighted by Crippen LogP contribution is -2.14. The SMILES string of the molecule is CCCCCNCc1ccc(OCc2cccc(C)c2)cc1. The van der Waals surface area contributed by atoms with E-state index in [1.54, 1.807) is 0 Å².